The highest BCUT2D eigenvalue weighted by atomic mass is 32.1. The molecule has 188 valence electrons. The molecule has 2 aromatic carbocycles. The fourth-order valence-corrected chi connectivity index (χ4v) is 5.91. The van der Waals surface area contributed by atoms with Gasteiger partial charge in [-0.1, -0.05) is 35.9 Å². The van der Waals surface area contributed by atoms with Crippen LogP contribution in [0.25, 0.3) is 10.4 Å². The maximum Gasteiger partial charge on any atom is 0.339 e. The zero-order valence-corrected chi connectivity index (χ0v) is 21.1. The van der Waals surface area contributed by atoms with Crippen LogP contribution in [0.5, 0.6) is 11.5 Å². The van der Waals surface area contributed by atoms with Crippen LogP contribution in [-0.4, -0.2) is 58.7 Å². The van der Waals surface area contributed by atoms with Crippen LogP contribution in [0.15, 0.2) is 42.5 Å². The first-order valence-electron chi connectivity index (χ1n) is 12.1. The Hall–Kier alpha value is -3.43. The summed E-state index contributed by atoms with van der Waals surface area (Å²) in [4.78, 5) is 31.5. The van der Waals surface area contributed by atoms with E-state index in [-0.39, 0.29) is 17.5 Å². The van der Waals surface area contributed by atoms with E-state index in [4.69, 9.17) is 20.3 Å². The summed E-state index contributed by atoms with van der Waals surface area (Å²) in [5, 5.41) is 9.74. The Balaban J connectivity index is 0.000000174. The first-order chi connectivity index (χ1) is 17.4. The molecule has 0 spiro atoms. The van der Waals surface area contributed by atoms with E-state index in [0.29, 0.717) is 48.9 Å². The number of para-hydroxylation sites is 1. The van der Waals surface area contributed by atoms with Gasteiger partial charge in [0.25, 0.3) is 5.91 Å². The van der Waals surface area contributed by atoms with Gasteiger partial charge in [-0.2, -0.15) is 0 Å². The van der Waals surface area contributed by atoms with Gasteiger partial charge in [0, 0.05) is 18.6 Å². The number of fused-ring (bicyclic) bond motifs is 2. The Kier molecular flexibility index (Phi) is 6.68. The molecule has 1 aliphatic carbocycles. The highest BCUT2D eigenvalue weighted by molar-refractivity contribution is 7.15. The normalized spacial score (nSPS) is 21.3. The predicted octanol–water partition coefficient (Wildman–Crippen LogP) is 4.14. The van der Waals surface area contributed by atoms with E-state index in [2.05, 4.69) is 30.1 Å². The van der Waals surface area contributed by atoms with E-state index in [1.165, 1.54) is 11.6 Å². The monoisotopic (exact) mass is 507 g/mol. The Labute approximate surface area is 213 Å². The maximum atomic E-state index is 13.2. The van der Waals surface area contributed by atoms with Crippen LogP contribution < -0.4 is 15.2 Å². The van der Waals surface area contributed by atoms with E-state index < -0.39 is 5.97 Å². The lowest BCUT2D eigenvalue weighted by atomic mass is 10.1. The van der Waals surface area contributed by atoms with Gasteiger partial charge in [0.1, 0.15) is 24.5 Å². The van der Waals surface area contributed by atoms with Crippen LogP contribution in [0.4, 0.5) is 0 Å². The van der Waals surface area contributed by atoms with Gasteiger partial charge in [-0.3, -0.25) is 4.79 Å². The van der Waals surface area contributed by atoms with Gasteiger partial charge in [0.15, 0.2) is 11.5 Å². The molecule has 8 nitrogen and oxygen atoms in total. The van der Waals surface area contributed by atoms with E-state index in [1.54, 1.807) is 23.5 Å². The van der Waals surface area contributed by atoms with E-state index >= 15 is 0 Å². The summed E-state index contributed by atoms with van der Waals surface area (Å²) in [6.07, 6.45) is 2.18. The molecule has 0 unspecified atom stereocenters. The van der Waals surface area contributed by atoms with Gasteiger partial charge in [0.05, 0.1) is 9.88 Å². The number of carbonyl (C=O) groups is 2. The summed E-state index contributed by atoms with van der Waals surface area (Å²) >= 11 is 1.60. The number of carboxylic acid groups (broad SMARTS) is 1. The van der Waals surface area contributed by atoms with Crippen molar-refractivity contribution in [2.75, 3.05) is 19.8 Å². The standard InChI is InChI=1S/C18H21N3OS.C9H8O4/c1-10-4-3-5-12(6-10)17-16(20-11(2)23-17)18(22)21-14(9-19)7-13-8-15(13)21;10-9(11)6-2-1-3-7-8(6)13-5-4-12-7/h3-6,13-15H,7-9,19H2,1-2H3;1-3H,4-5H2,(H,10,11)/t13-,14+,15+;/m1./s1. The first kappa shape index (κ1) is 24.3. The van der Waals surface area contributed by atoms with Gasteiger partial charge in [0.2, 0.25) is 0 Å². The van der Waals surface area contributed by atoms with Crippen molar-refractivity contribution in [2.45, 2.75) is 38.8 Å². The molecule has 0 bridgehead atoms. The van der Waals surface area contributed by atoms with Crippen LogP contribution >= 0.6 is 11.3 Å². The Morgan fingerprint density at radius 1 is 1.14 bits per heavy atom. The van der Waals surface area contributed by atoms with Gasteiger partial charge in [-0.15, -0.1) is 11.3 Å². The number of amides is 1. The van der Waals surface area contributed by atoms with Crippen molar-refractivity contribution in [3.63, 3.8) is 0 Å². The van der Waals surface area contributed by atoms with Gasteiger partial charge in [-0.25, -0.2) is 9.78 Å². The molecule has 6 rings (SSSR count). The number of carboxylic acids is 1. The largest absolute Gasteiger partial charge is 0.486 e. The van der Waals surface area contributed by atoms with Crippen LogP contribution in [0.2, 0.25) is 0 Å². The average molecular weight is 508 g/mol. The first-order valence-corrected chi connectivity index (χ1v) is 12.9. The van der Waals surface area contributed by atoms with Crippen molar-refractivity contribution < 1.29 is 24.2 Å². The number of thiazole rings is 1. The summed E-state index contributed by atoms with van der Waals surface area (Å²) in [5.74, 6) is 0.565. The smallest absolute Gasteiger partial charge is 0.339 e. The number of aryl methyl sites for hydroxylation is 2. The minimum atomic E-state index is -0.998. The lowest BCUT2D eigenvalue weighted by molar-refractivity contribution is 0.0681. The van der Waals surface area contributed by atoms with Crippen molar-refractivity contribution in [2.24, 2.45) is 11.7 Å². The molecule has 3 N–H and O–H groups in total. The molecule has 1 aromatic heterocycles. The molecule has 3 aromatic rings. The SMILES string of the molecule is Cc1cccc(-c2sc(C)nc2C(=O)N2[C@H](CN)C[C@@H]3C[C@@H]32)c1.O=C(O)c1cccc2c1OCCO2. The second-order valence-electron chi connectivity index (χ2n) is 9.32. The van der Waals surface area contributed by atoms with Gasteiger partial charge in [-0.05, 0) is 50.3 Å². The third-order valence-corrected chi connectivity index (χ3v) is 7.75. The second-order valence-corrected chi connectivity index (χ2v) is 10.5. The van der Waals surface area contributed by atoms with E-state index in [0.717, 1.165) is 28.3 Å². The number of aromatic nitrogens is 1. The summed E-state index contributed by atoms with van der Waals surface area (Å²) in [6, 6.07) is 13.7. The fourth-order valence-electron chi connectivity index (χ4n) is 5.00. The lowest BCUT2D eigenvalue weighted by Gasteiger charge is -2.26. The zero-order chi connectivity index (χ0) is 25.4. The van der Waals surface area contributed by atoms with Gasteiger partial charge >= 0.3 is 5.97 Å². The summed E-state index contributed by atoms with van der Waals surface area (Å²) in [5.41, 5.74) is 8.91. The molecule has 1 saturated heterocycles. The fraction of sp³-hybridized carbons (Fsp3) is 0.370. The number of nitrogens with zero attached hydrogens (tertiary/aromatic N) is 2. The molecule has 9 heteroatoms. The average Bonchev–Trinajstić information content (AvgIpc) is 3.36. The number of benzene rings is 2. The Bertz CT molecular complexity index is 1310. The molecule has 3 aliphatic rings. The quantitative estimate of drug-likeness (QED) is 0.545. The van der Waals surface area contributed by atoms with Gasteiger partial charge < -0.3 is 25.2 Å². The molecule has 1 saturated carbocycles. The van der Waals surface area contributed by atoms with Crippen molar-refractivity contribution >= 4 is 23.2 Å². The molecule has 2 aliphatic heterocycles. The molecule has 2 fully saturated rings. The molecular weight excluding hydrogens is 478 g/mol. The maximum absolute atomic E-state index is 13.2. The number of piperidine rings is 1. The highest BCUT2D eigenvalue weighted by Gasteiger charge is 2.54. The number of hydrogen-bond donors (Lipinski definition) is 2. The highest BCUT2D eigenvalue weighted by Crippen LogP contribution is 2.48. The predicted molar refractivity (Wildman–Crippen MR) is 137 cm³/mol. The zero-order valence-electron chi connectivity index (χ0n) is 20.3. The number of rotatable bonds is 4. The van der Waals surface area contributed by atoms with Crippen molar-refractivity contribution in [1.82, 2.24) is 9.88 Å². The Morgan fingerprint density at radius 3 is 2.67 bits per heavy atom. The minimum Gasteiger partial charge on any atom is -0.486 e. The van der Waals surface area contributed by atoms with Crippen LogP contribution in [0.3, 0.4) is 0 Å². The van der Waals surface area contributed by atoms with Crippen LogP contribution in [0.1, 0.15) is 44.3 Å². The van der Waals surface area contributed by atoms with Crippen molar-refractivity contribution in [3.8, 4) is 21.9 Å². The minimum absolute atomic E-state index is 0.0614. The topological polar surface area (TPSA) is 115 Å². The number of aromatic carboxylic acids is 1. The number of likely N-dealkylation sites (tertiary alicyclic amines) is 1. The molecule has 36 heavy (non-hydrogen) atoms. The third kappa shape index (κ3) is 4.68. The number of carbonyl (C=O) groups excluding carboxylic acids is 1. The molecule has 1 amide bonds. The number of ether oxygens (including phenoxy) is 2. The number of hydrogen-bond acceptors (Lipinski definition) is 7. The lowest BCUT2D eigenvalue weighted by Crippen LogP contribution is -2.42. The second kappa shape index (κ2) is 9.91. The molecular formula is C27H29N3O5S. The molecule has 3 heterocycles. The summed E-state index contributed by atoms with van der Waals surface area (Å²) in [7, 11) is 0. The summed E-state index contributed by atoms with van der Waals surface area (Å²) in [6.45, 7) is 5.44. The van der Waals surface area contributed by atoms with Crippen molar-refractivity contribution in [1.29, 1.82) is 0 Å². The number of nitrogens with two attached hydrogens (primary N) is 1. The van der Waals surface area contributed by atoms with Crippen molar-refractivity contribution in [3.05, 3.63) is 64.3 Å². The molecule has 3 atom stereocenters. The van der Waals surface area contributed by atoms with Crippen LogP contribution in [-0.2, 0) is 0 Å². The third-order valence-electron chi connectivity index (χ3n) is 6.73. The van der Waals surface area contributed by atoms with Crippen LogP contribution in [0, 0.1) is 19.8 Å². The molecule has 0 radical (unpaired) electrons. The summed E-state index contributed by atoms with van der Waals surface area (Å²) < 4.78 is 10.4. The van der Waals surface area contributed by atoms with E-state index in [9.17, 15) is 9.59 Å². The Morgan fingerprint density at radius 2 is 1.92 bits per heavy atom. The van der Waals surface area contributed by atoms with E-state index in [1.807, 2.05) is 17.9 Å².